The van der Waals surface area contributed by atoms with Crippen LogP contribution in [0.15, 0.2) is 51.7 Å². The first kappa shape index (κ1) is 12.2. The van der Waals surface area contributed by atoms with Gasteiger partial charge in [-0.3, -0.25) is 9.36 Å². The molecule has 0 aliphatic heterocycles. The van der Waals surface area contributed by atoms with Crippen LogP contribution in [0.2, 0.25) is 0 Å². The van der Waals surface area contributed by atoms with Crippen LogP contribution in [0.25, 0.3) is 11.1 Å². The summed E-state index contributed by atoms with van der Waals surface area (Å²) in [5.41, 5.74) is 8.13. The Hall–Kier alpha value is -2.82. The molecule has 0 fully saturated rings. The second kappa shape index (κ2) is 4.38. The van der Waals surface area contributed by atoms with E-state index in [-0.39, 0.29) is 5.78 Å². The quantitative estimate of drug-likeness (QED) is 0.569. The average molecular weight is 268 g/mol. The van der Waals surface area contributed by atoms with E-state index in [9.17, 15) is 9.59 Å². The van der Waals surface area contributed by atoms with Crippen molar-refractivity contribution in [3.63, 3.8) is 0 Å². The minimum Gasteiger partial charge on any atom is -0.408 e. The Morgan fingerprint density at radius 1 is 1.20 bits per heavy atom. The summed E-state index contributed by atoms with van der Waals surface area (Å²) in [6.07, 6.45) is 0. The molecule has 5 nitrogen and oxygen atoms in total. The van der Waals surface area contributed by atoms with E-state index in [4.69, 9.17) is 10.2 Å². The molecular formula is C15H12N2O3. The van der Waals surface area contributed by atoms with Gasteiger partial charge >= 0.3 is 5.76 Å². The Bertz CT molecular complexity index is 874. The van der Waals surface area contributed by atoms with Crippen molar-refractivity contribution in [2.24, 2.45) is 7.05 Å². The van der Waals surface area contributed by atoms with Gasteiger partial charge in [-0.05, 0) is 30.3 Å². The van der Waals surface area contributed by atoms with Crippen LogP contribution in [-0.2, 0) is 7.05 Å². The number of carbonyl (C=O) groups is 1. The summed E-state index contributed by atoms with van der Waals surface area (Å²) in [5.74, 6) is -0.652. The molecule has 0 saturated carbocycles. The molecule has 2 aromatic carbocycles. The number of fused-ring (bicyclic) bond motifs is 1. The van der Waals surface area contributed by atoms with Crippen LogP contribution in [-0.4, -0.2) is 10.4 Å². The zero-order valence-electron chi connectivity index (χ0n) is 10.8. The van der Waals surface area contributed by atoms with Crippen molar-refractivity contribution in [3.8, 4) is 0 Å². The van der Waals surface area contributed by atoms with Gasteiger partial charge in [0.1, 0.15) is 0 Å². The molecule has 5 heteroatoms. The topological polar surface area (TPSA) is 78.2 Å². The predicted molar refractivity (Wildman–Crippen MR) is 75.7 cm³/mol. The van der Waals surface area contributed by atoms with Crippen molar-refractivity contribution in [3.05, 3.63) is 64.1 Å². The highest BCUT2D eigenvalue weighted by Gasteiger charge is 2.14. The predicted octanol–water partition coefficient (Wildman–Crippen LogP) is 1.94. The number of rotatable bonds is 2. The largest absolute Gasteiger partial charge is 0.419 e. The molecule has 20 heavy (non-hydrogen) atoms. The van der Waals surface area contributed by atoms with Gasteiger partial charge in [0.05, 0.1) is 5.52 Å². The number of nitrogen functional groups attached to an aromatic ring is 1. The van der Waals surface area contributed by atoms with Crippen molar-refractivity contribution >= 4 is 22.6 Å². The Labute approximate surface area is 114 Å². The zero-order chi connectivity index (χ0) is 14.3. The number of nitrogens with two attached hydrogens (primary N) is 1. The Morgan fingerprint density at radius 2 is 1.95 bits per heavy atom. The molecule has 0 unspecified atom stereocenters. The fourth-order valence-corrected chi connectivity index (χ4v) is 2.13. The molecule has 0 aliphatic carbocycles. The number of para-hydroxylation sites is 1. The maximum absolute atomic E-state index is 12.4. The summed E-state index contributed by atoms with van der Waals surface area (Å²) in [6.45, 7) is 0. The minimum atomic E-state index is -0.455. The molecule has 0 aliphatic rings. The lowest BCUT2D eigenvalue weighted by atomic mass is 10.0. The van der Waals surface area contributed by atoms with Gasteiger partial charge in [-0.2, -0.15) is 0 Å². The summed E-state index contributed by atoms with van der Waals surface area (Å²) < 4.78 is 6.47. The van der Waals surface area contributed by atoms with Crippen LogP contribution in [0, 0.1) is 0 Å². The molecule has 0 saturated heterocycles. The van der Waals surface area contributed by atoms with Gasteiger partial charge in [0.2, 0.25) is 0 Å². The van der Waals surface area contributed by atoms with Gasteiger partial charge in [-0.1, -0.05) is 12.1 Å². The van der Waals surface area contributed by atoms with E-state index in [1.165, 1.54) is 4.57 Å². The van der Waals surface area contributed by atoms with Crippen LogP contribution in [0.3, 0.4) is 0 Å². The van der Waals surface area contributed by atoms with Crippen molar-refractivity contribution in [1.29, 1.82) is 0 Å². The average Bonchev–Trinajstić information content (AvgIpc) is 2.73. The van der Waals surface area contributed by atoms with Gasteiger partial charge in [0.25, 0.3) is 0 Å². The minimum absolute atomic E-state index is 0.198. The van der Waals surface area contributed by atoms with Crippen molar-refractivity contribution in [2.75, 3.05) is 5.73 Å². The number of benzene rings is 2. The molecule has 0 spiro atoms. The van der Waals surface area contributed by atoms with Gasteiger partial charge in [-0.25, -0.2) is 4.79 Å². The first-order valence-electron chi connectivity index (χ1n) is 6.06. The maximum Gasteiger partial charge on any atom is 0.419 e. The Balaban J connectivity index is 2.13. The molecule has 1 aromatic heterocycles. The molecule has 100 valence electrons. The van der Waals surface area contributed by atoms with E-state index in [1.807, 2.05) is 0 Å². The highest BCUT2D eigenvalue weighted by atomic mass is 16.4. The Morgan fingerprint density at radius 3 is 2.70 bits per heavy atom. The SMILES string of the molecule is Cn1c(=O)oc2cc(C(=O)c3ccccc3N)ccc21. The number of aryl methyl sites for hydroxylation is 1. The lowest BCUT2D eigenvalue weighted by molar-refractivity contribution is 0.103. The van der Waals surface area contributed by atoms with Crippen LogP contribution >= 0.6 is 0 Å². The Kier molecular flexibility index (Phi) is 2.68. The number of hydrogen-bond acceptors (Lipinski definition) is 4. The molecule has 3 rings (SSSR count). The summed E-state index contributed by atoms with van der Waals surface area (Å²) in [6, 6.07) is 11.8. The standard InChI is InChI=1S/C15H12N2O3/c1-17-12-7-6-9(8-13(12)20-15(17)19)14(18)10-4-2-3-5-11(10)16/h2-8H,16H2,1H3. The first-order chi connectivity index (χ1) is 9.58. The number of aromatic nitrogens is 1. The monoisotopic (exact) mass is 268 g/mol. The van der Waals surface area contributed by atoms with Gasteiger partial charge in [0.15, 0.2) is 11.4 Å². The summed E-state index contributed by atoms with van der Waals surface area (Å²) in [4.78, 5) is 23.8. The number of carbonyl (C=O) groups excluding carboxylic acids is 1. The molecule has 3 aromatic rings. The number of nitrogens with zero attached hydrogens (tertiary/aromatic N) is 1. The fourth-order valence-electron chi connectivity index (χ4n) is 2.13. The second-order valence-electron chi connectivity index (χ2n) is 4.53. The summed E-state index contributed by atoms with van der Waals surface area (Å²) >= 11 is 0. The highest BCUT2D eigenvalue weighted by molar-refractivity contribution is 6.13. The van der Waals surface area contributed by atoms with Crippen LogP contribution in [0.5, 0.6) is 0 Å². The molecule has 1 heterocycles. The second-order valence-corrected chi connectivity index (χ2v) is 4.53. The van der Waals surface area contributed by atoms with Crippen molar-refractivity contribution in [1.82, 2.24) is 4.57 Å². The van der Waals surface area contributed by atoms with Crippen LogP contribution < -0.4 is 11.5 Å². The van der Waals surface area contributed by atoms with E-state index in [1.54, 1.807) is 49.5 Å². The van der Waals surface area contributed by atoms with Crippen LogP contribution in [0.1, 0.15) is 15.9 Å². The number of anilines is 1. The normalized spacial score (nSPS) is 10.8. The van der Waals surface area contributed by atoms with Crippen molar-refractivity contribution < 1.29 is 9.21 Å². The fraction of sp³-hybridized carbons (Fsp3) is 0.0667. The number of hydrogen-bond donors (Lipinski definition) is 1. The highest BCUT2D eigenvalue weighted by Crippen LogP contribution is 2.20. The zero-order valence-corrected chi connectivity index (χ0v) is 10.8. The third kappa shape index (κ3) is 1.80. The first-order valence-corrected chi connectivity index (χ1v) is 6.06. The van der Waals surface area contributed by atoms with Gasteiger partial charge in [-0.15, -0.1) is 0 Å². The molecule has 0 amide bonds. The third-order valence-corrected chi connectivity index (χ3v) is 3.26. The number of ketones is 1. The van der Waals surface area contributed by atoms with Crippen molar-refractivity contribution in [2.45, 2.75) is 0 Å². The summed E-state index contributed by atoms with van der Waals surface area (Å²) in [7, 11) is 1.62. The van der Waals surface area contributed by atoms with E-state index < -0.39 is 5.76 Å². The lowest BCUT2D eigenvalue weighted by Gasteiger charge is -2.04. The van der Waals surface area contributed by atoms with E-state index >= 15 is 0 Å². The molecule has 0 radical (unpaired) electrons. The third-order valence-electron chi connectivity index (χ3n) is 3.26. The molecule has 2 N–H and O–H groups in total. The molecular weight excluding hydrogens is 256 g/mol. The number of oxazole rings is 1. The smallest absolute Gasteiger partial charge is 0.408 e. The molecule has 0 atom stereocenters. The lowest BCUT2D eigenvalue weighted by Crippen LogP contribution is -2.08. The van der Waals surface area contributed by atoms with E-state index in [2.05, 4.69) is 0 Å². The molecule has 0 bridgehead atoms. The van der Waals surface area contributed by atoms with Crippen LogP contribution in [0.4, 0.5) is 5.69 Å². The van der Waals surface area contributed by atoms with E-state index in [0.29, 0.717) is 27.9 Å². The summed E-state index contributed by atoms with van der Waals surface area (Å²) in [5, 5.41) is 0. The van der Waals surface area contributed by atoms with E-state index in [0.717, 1.165) is 0 Å². The van der Waals surface area contributed by atoms with Gasteiger partial charge in [0, 0.05) is 23.9 Å². The maximum atomic E-state index is 12.4. The van der Waals surface area contributed by atoms with Gasteiger partial charge < -0.3 is 10.2 Å².